The number of hydrogen-bond acceptors (Lipinski definition) is 3. The molecule has 0 amide bonds. The van der Waals surface area contributed by atoms with E-state index in [9.17, 15) is 0 Å². The minimum atomic E-state index is -0.0485. The fourth-order valence-corrected chi connectivity index (χ4v) is 1.89. The summed E-state index contributed by atoms with van der Waals surface area (Å²) in [5, 5.41) is 7.51. The average molecular weight is 269 g/mol. The fourth-order valence-electron chi connectivity index (χ4n) is 1.89. The Morgan fingerprint density at radius 2 is 2.00 bits per heavy atom. The summed E-state index contributed by atoms with van der Waals surface area (Å²) < 4.78 is 5.70. The van der Waals surface area contributed by atoms with Crippen LogP contribution in [0.15, 0.2) is 42.6 Å². The summed E-state index contributed by atoms with van der Waals surface area (Å²) in [6.07, 6.45) is 5.08. The second kappa shape index (κ2) is 6.70. The Kier molecular flexibility index (Phi) is 4.71. The molecule has 2 aromatic rings. The Balaban J connectivity index is 2.12. The highest BCUT2D eigenvalue weighted by Gasteiger charge is 2.08. The van der Waals surface area contributed by atoms with Gasteiger partial charge in [-0.1, -0.05) is 25.5 Å². The van der Waals surface area contributed by atoms with Crippen LogP contribution in [-0.4, -0.2) is 10.8 Å². The highest BCUT2D eigenvalue weighted by atomic mass is 16.5. The van der Waals surface area contributed by atoms with E-state index in [-0.39, 0.29) is 5.84 Å². The minimum Gasteiger partial charge on any atom is -0.438 e. The van der Waals surface area contributed by atoms with E-state index < -0.39 is 0 Å². The topological polar surface area (TPSA) is 72.0 Å². The zero-order valence-corrected chi connectivity index (χ0v) is 11.6. The molecular weight excluding hydrogens is 250 g/mol. The summed E-state index contributed by atoms with van der Waals surface area (Å²) in [6.45, 7) is 2.18. The largest absolute Gasteiger partial charge is 0.438 e. The van der Waals surface area contributed by atoms with Crippen LogP contribution in [0.4, 0.5) is 0 Å². The molecule has 0 saturated carbocycles. The van der Waals surface area contributed by atoms with Crippen LogP contribution < -0.4 is 10.5 Å². The highest BCUT2D eigenvalue weighted by Crippen LogP contribution is 2.23. The lowest BCUT2D eigenvalue weighted by Crippen LogP contribution is -2.12. The molecular formula is C16H19N3O. The van der Waals surface area contributed by atoms with E-state index in [1.165, 1.54) is 18.4 Å². The number of pyridine rings is 1. The van der Waals surface area contributed by atoms with Gasteiger partial charge in [-0.05, 0) is 42.7 Å². The molecule has 0 aliphatic carbocycles. The van der Waals surface area contributed by atoms with E-state index in [2.05, 4.69) is 24.0 Å². The molecule has 1 aromatic carbocycles. The Morgan fingerprint density at radius 3 is 2.65 bits per heavy atom. The Hall–Kier alpha value is -2.36. The fraction of sp³-hybridized carbons (Fsp3) is 0.250. The standard InChI is InChI=1S/C16H19N3O/c1-2-3-5-12-7-9-13(10-8-12)20-16-14(15(17)18)6-4-11-19-16/h4,6-11H,2-3,5H2,1H3,(H3,17,18). The maximum atomic E-state index is 7.51. The molecule has 0 bridgehead atoms. The van der Waals surface area contributed by atoms with Crippen molar-refractivity contribution in [2.24, 2.45) is 5.73 Å². The Bertz CT molecular complexity index is 579. The smallest absolute Gasteiger partial charge is 0.230 e. The number of nitrogens with one attached hydrogen (secondary N) is 1. The van der Waals surface area contributed by atoms with Gasteiger partial charge in [-0.3, -0.25) is 5.41 Å². The minimum absolute atomic E-state index is 0.0485. The van der Waals surface area contributed by atoms with E-state index >= 15 is 0 Å². The van der Waals surface area contributed by atoms with Crippen molar-refractivity contribution in [3.05, 3.63) is 53.7 Å². The molecule has 0 spiro atoms. The molecule has 20 heavy (non-hydrogen) atoms. The van der Waals surface area contributed by atoms with Crippen molar-refractivity contribution in [2.45, 2.75) is 26.2 Å². The molecule has 4 heteroatoms. The Labute approximate surface area is 119 Å². The molecule has 0 aliphatic heterocycles. The van der Waals surface area contributed by atoms with Gasteiger partial charge in [0, 0.05) is 6.20 Å². The summed E-state index contributed by atoms with van der Waals surface area (Å²) in [5.41, 5.74) is 7.31. The summed E-state index contributed by atoms with van der Waals surface area (Å²) in [5.74, 6) is 1.01. The molecule has 2 rings (SSSR count). The lowest BCUT2D eigenvalue weighted by atomic mass is 10.1. The maximum Gasteiger partial charge on any atom is 0.230 e. The van der Waals surface area contributed by atoms with E-state index in [4.69, 9.17) is 15.9 Å². The van der Waals surface area contributed by atoms with Gasteiger partial charge in [0.1, 0.15) is 11.6 Å². The van der Waals surface area contributed by atoms with E-state index in [0.29, 0.717) is 17.2 Å². The van der Waals surface area contributed by atoms with Crippen LogP contribution in [0.5, 0.6) is 11.6 Å². The third kappa shape index (κ3) is 3.57. The van der Waals surface area contributed by atoms with E-state index in [0.717, 1.165) is 6.42 Å². The first-order chi connectivity index (χ1) is 9.70. The summed E-state index contributed by atoms with van der Waals surface area (Å²) >= 11 is 0. The normalized spacial score (nSPS) is 10.2. The number of aromatic nitrogens is 1. The van der Waals surface area contributed by atoms with Crippen LogP contribution in [0, 0.1) is 5.41 Å². The number of unbranched alkanes of at least 4 members (excludes halogenated alkanes) is 1. The van der Waals surface area contributed by atoms with Crippen molar-refractivity contribution in [1.82, 2.24) is 4.98 Å². The third-order valence-electron chi connectivity index (χ3n) is 3.02. The third-order valence-corrected chi connectivity index (χ3v) is 3.02. The van der Waals surface area contributed by atoms with Crippen LogP contribution in [-0.2, 0) is 6.42 Å². The van der Waals surface area contributed by atoms with Crippen LogP contribution in [0.1, 0.15) is 30.9 Å². The molecule has 0 atom stereocenters. The van der Waals surface area contributed by atoms with Gasteiger partial charge >= 0.3 is 0 Å². The number of nitrogens with two attached hydrogens (primary N) is 1. The lowest BCUT2D eigenvalue weighted by Gasteiger charge is -2.09. The van der Waals surface area contributed by atoms with Gasteiger partial charge in [-0.25, -0.2) is 4.98 Å². The van der Waals surface area contributed by atoms with Gasteiger partial charge in [0.2, 0.25) is 5.88 Å². The molecule has 0 fully saturated rings. The summed E-state index contributed by atoms with van der Waals surface area (Å²) in [6, 6.07) is 11.4. The number of hydrogen-bond donors (Lipinski definition) is 2. The second-order valence-electron chi connectivity index (χ2n) is 4.62. The van der Waals surface area contributed by atoms with Gasteiger partial charge in [0.05, 0.1) is 5.56 Å². The van der Waals surface area contributed by atoms with Gasteiger partial charge in [-0.15, -0.1) is 0 Å². The number of nitrogens with zero attached hydrogens (tertiary/aromatic N) is 1. The SMILES string of the molecule is CCCCc1ccc(Oc2ncccc2C(=N)N)cc1. The monoisotopic (exact) mass is 269 g/mol. The Morgan fingerprint density at radius 1 is 1.25 bits per heavy atom. The van der Waals surface area contributed by atoms with Crippen LogP contribution in [0.3, 0.4) is 0 Å². The first-order valence-electron chi connectivity index (χ1n) is 6.77. The van der Waals surface area contributed by atoms with Crippen LogP contribution in [0.2, 0.25) is 0 Å². The van der Waals surface area contributed by atoms with Crippen LogP contribution in [0.25, 0.3) is 0 Å². The number of amidine groups is 1. The number of benzene rings is 1. The molecule has 3 N–H and O–H groups in total. The van der Waals surface area contributed by atoms with Gasteiger partial charge in [-0.2, -0.15) is 0 Å². The number of rotatable bonds is 6. The lowest BCUT2D eigenvalue weighted by molar-refractivity contribution is 0.461. The zero-order valence-electron chi connectivity index (χ0n) is 11.6. The molecule has 104 valence electrons. The predicted molar refractivity (Wildman–Crippen MR) is 80.4 cm³/mol. The van der Waals surface area contributed by atoms with Crippen molar-refractivity contribution in [2.75, 3.05) is 0 Å². The van der Waals surface area contributed by atoms with Crippen molar-refractivity contribution in [3.8, 4) is 11.6 Å². The molecule has 0 saturated heterocycles. The zero-order chi connectivity index (χ0) is 14.4. The molecule has 0 unspecified atom stereocenters. The predicted octanol–water partition coefficient (Wildman–Crippen LogP) is 3.50. The molecule has 0 radical (unpaired) electrons. The quantitative estimate of drug-likeness (QED) is 0.622. The first-order valence-corrected chi connectivity index (χ1v) is 6.77. The van der Waals surface area contributed by atoms with Crippen LogP contribution >= 0.6 is 0 Å². The van der Waals surface area contributed by atoms with E-state index in [1.807, 2.05) is 12.1 Å². The molecule has 4 nitrogen and oxygen atoms in total. The van der Waals surface area contributed by atoms with E-state index in [1.54, 1.807) is 18.3 Å². The number of nitrogen functional groups attached to an aromatic ring is 1. The first kappa shape index (κ1) is 14.1. The maximum absolute atomic E-state index is 7.51. The number of ether oxygens (including phenoxy) is 1. The molecule has 0 aliphatic rings. The van der Waals surface area contributed by atoms with Gasteiger partial charge in [0.15, 0.2) is 0 Å². The summed E-state index contributed by atoms with van der Waals surface area (Å²) in [7, 11) is 0. The molecule has 1 heterocycles. The second-order valence-corrected chi connectivity index (χ2v) is 4.62. The number of aryl methyl sites for hydroxylation is 1. The van der Waals surface area contributed by atoms with Crippen molar-refractivity contribution < 1.29 is 4.74 Å². The highest BCUT2D eigenvalue weighted by molar-refractivity contribution is 5.97. The van der Waals surface area contributed by atoms with Crippen molar-refractivity contribution in [1.29, 1.82) is 5.41 Å². The molecule has 1 aromatic heterocycles. The average Bonchev–Trinajstić information content (AvgIpc) is 2.47. The van der Waals surface area contributed by atoms with Gasteiger partial charge in [0.25, 0.3) is 0 Å². The van der Waals surface area contributed by atoms with Crippen molar-refractivity contribution in [3.63, 3.8) is 0 Å². The summed E-state index contributed by atoms with van der Waals surface area (Å²) in [4.78, 5) is 4.12. The van der Waals surface area contributed by atoms with Crippen molar-refractivity contribution >= 4 is 5.84 Å². The van der Waals surface area contributed by atoms with Gasteiger partial charge < -0.3 is 10.5 Å².